The Morgan fingerprint density at radius 1 is 0.778 bits per heavy atom. The van der Waals surface area contributed by atoms with Crippen molar-refractivity contribution in [3.8, 4) is 0 Å². The van der Waals surface area contributed by atoms with Crippen LogP contribution in [0.3, 0.4) is 0 Å². The maximum atomic E-state index is 10.3. The maximum Gasteiger partial charge on any atom is 0 e. The SMILES string of the molecule is CCCCCCCCCCCCCC(=O)O.[BaH2].[Cd]. The molecule has 0 aromatic rings. The molecule has 102 valence electrons. The minimum atomic E-state index is -0.657. The van der Waals surface area contributed by atoms with Gasteiger partial charge in [0.2, 0.25) is 0 Å². The van der Waals surface area contributed by atoms with Crippen molar-refractivity contribution in [2.75, 3.05) is 0 Å². The summed E-state index contributed by atoms with van der Waals surface area (Å²) in [6.45, 7) is 2.25. The average Bonchev–Trinajstić information content (AvgIpc) is 2.25. The van der Waals surface area contributed by atoms with Gasteiger partial charge in [-0.25, -0.2) is 0 Å². The van der Waals surface area contributed by atoms with Crippen molar-refractivity contribution < 1.29 is 37.2 Å². The van der Waals surface area contributed by atoms with Crippen molar-refractivity contribution in [2.45, 2.75) is 84.0 Å². The first-order valence-electron chi connectivity index (χ1n) is 6.99. The van der Waals surface area contributed by atoms with Gasteiger partial charge < -0.3 is 5.11 Å². The van der Waals surface area contributed by atoms with Crippen LogP contribution in [0.5, 0.6) is 0 Å². The van der Waals surface area contributed by atoms with Crippen molar-refractivity contribution in [3.05, 3.63) is 0 Å². The van der Waals surface area contributed by atoms with Gasteiger partial charge in [-0.05, 0) is 6.42 Å². The van der Waals surface area contributed by atoms with E-state index in [-0.39, 0.29) is 76.2 Å². The number of carboxylic acids is 1. The second-order valence-electron chi connectivity index (χ2n) is 4.68. The molecule has 0 aromatic carbocycles. The third-order valence-corrected chi connectivity index (χ3v) is 2.99. The summed E-state index contributed by atoms with van der Waals surface area (Å²) in [7, 11) is 0. The van der Waals surface area contributed by atoms with Gasteiger partial charge in [0, 0.05) is 33.7 Å². The molecule has 1 N–H and O–H groups in total. The molecule has 0 bridgehead atoms. The van der Waals surface area contributed by atoms with E-state index in [2.05, 4.69) is 6.92 Å². The summed E-state index contributed by atoms with van der Waals surface area (Å²) in [5.41, 5.74) is 0. The zero-order valence-corrected chi connectivity index (χ0v) is 15.6. The van der Waals surface area contributed by atoms with Gasteiger partial charge in [-0.1, -0.05) is 71.1 Å². The van der Waals surface area contributed by atoms with Gasteiger partial charge in [0.1, 0.15) is 0 Å². The van der Waals surface area contributed by atoms with Crippen LogP contribution < -0.4 is 0 Å². The number of carbonyl (C=O) groups is 1. The van der Waals surface area contributed by atoms with Crippen molar-refractivity contribution in [1.82, 2.24) is 0 Å². The molecule has 0 spiro atoms. The summed E-state index contributed by atoms with van der Waals surface area (Å²) >= 11 is 0. The Morgan fingerprint density at radius 3 is 1.44 bits per heavy atom. The van der Waals surface area contributed by atoms with Crippen molar-refractivity contribution in [1.29, 1.82) is 0 Å². The van der Waals surface area contributed by atoms with Crippen LogP contribution in [0.25, 0.3) is 0 Å². The van der Waals surface area contributed by atoms with E-state index >= 15 is 0 Å². The summed E-state index contributed by atoms with van der Waals surface area (Å²) in [6.07, 6.45) is 14.4. The van der Waals surface area contributed by atoms with Crippen LogP contribution in [0, 0.1) is 0 Å². The zero-order valence-electron chi connectivity index (χ0n) is 11.5. The molecule has 0 amide bonds. The van der Waals surface area contributed by atoms with Gasteiger partial charge in [-0.15, -0.1) is 0 Å². The molecular weight excluding hydrogens is 450 g/mol. The first kappa shape index (κ1) is 24.9. The number of carboxylic acid groups (broad SMARTS) is 1. The standard InChI is InChI=1S/C14H28O2.Ba.Cd.2H/c1-2-3-4-5-6-7-8-9-10-11-12-13-14(15)16;;;;/h2-13H2,1H3,(H,15,16);;;;. The largest absolute Gasteiger partial charge is 0 e. The number of rotatable bonds is 12. The molecule has 0 radical (unpaired) electrons. The first-order chi connectivity index (χ1) is 7.77. The number of aliphatic carboxylic acids is 1. The summed E-state index contributed by atoms with van der Waals surface area (Å²) < 4.78 is 0. The van der Waals surface area contributed by atoms with Crippen molar-refractivity contribution >= 4 is 54.9 Å². The van der Waals surface area contributed by atoms with E-state index in [4.69, 9.17) is 5.11 Å². The fraction of sp³-hybridized carbons (Fsp3) is 0.929. The Hall–Kier alpha value is 1.96. The van der Waals surface area contributed by atoms with Gasteiger partial charge >= 0.3 is 54.9 Å². The molecule has 0 heterocycles. The predicted molar refractivity (Wildman–Crippen MR) is 77.3 cm³/mol. The average molecular weight is 480 g/mol. The molecule has 18 heavy (non-hydrogen) atoms. The maximum absolute atomic E-state index is 10.3. The molecule has 0 saturated heterocycles. The minimum Gasteiger partial charge on any atom is 0 e. The third kappa shape index (κ3) is 23.1. The molecule has 0 aromatic heterocycles. The van der Waals surface area contributed by atoms with Gasteiger partial charge in [0.15, 0.2) is 0 Å². The smallest absolute Gasteiger partial charge is 0 e. The van der Waals surface area contributed by atoms with E-state index in [0.717, 1.165) is 12.8 Å². The third-order valence-electron chi connectivity index (χ3n) is 2.99. The Balaban J connectivity index is -0.00000112. The Bertz CT molecular complexity index is 166. The molecule has 0 fully saturated rings. The Morgan fingerprint density at radius 2 is 1.11 bits per heavy atom. The normalized spacial score (nSPS) is 9.39. The number of hydrogen-bond acceptors (Lipinski definition) is 1. The quantitative estimate of drug-likeness (QED) is 0.341. The fourth-order valence-electron chi connectivity index (χ4n) is 1.94. The predicted octanol–water partition coefficient (Wildman–Crippen LogP) is 3.85. The molecule has 0 aliphatic heterocycles. The van der Waals surface area contributed by atoms with Gasteiger partial charge in [0.05, 0.1) is 0 Å². The molecule has 0 aliphatic carbocycles. The molecule has 2 nitrogen and oxygen atoms in total. The first-order valence-corrected chi connectivity index (χ1v) is 6.99. The van der Waals surface area contributed by atoms with E-state index in [1.54, 1.807) is 0 Å². The molecule has 0 saturated carbocycles. The number of unbranched alkanes of at least 4 members (excludes halogenated alkanes) is 10. The fourth-order valence-corrected chi connectivity index (χ4v) is 1.94. The monoisotopic (exact) mass is 482 g/mol. The van der Waals surface area contributed by atoms with Crippen LogP contribution in [-0.2, 0) is 32.1 Å². The molecule has 0 aliphatic rings. The summed E-state index contributed by atoms with van der Waals surface area (Å²) in [5, 5.41) is 8.46. The zero-order chi connectivity index (χ0) is 12.1. The van der Waals surface area contributed by atoms with E-state index < -0.39 is 5.97 Å². The van der Waals surface area contributed by atoms with Crippen LogP contribution in [-0.4, -0.2) is 60.0 Å². The second-order valence-corrected chi connectivity index (χ2v) is 4.68. The Kier molecular flexibility index (Phi) is 29.5. The summed E-state index contributed by atoms with van der Waals surface area (Å²) in [5.74, 6) is -0.657. The summed E-state index contributed by atoms with van der Waals surface area (Å²) in [4.78, 5) is 10.3. The van der Waals surface area contributed by atoms with Gasteiger partial charge in [-0.2, -0.15) is 0 Å². The molecule has 0 rings (SSSR count). The van der Waals surface area contributed by atoms with Gasteiger partial charge in [-0.3, -0.25) is 4.79 Å². The molecular formula is C14H30BaCdO2. The number of hydrogen-bond donors (Lipinski definition) is 1. The van der Waals surface area contributed by atoms with Crippen LogP contribution >= 0.6 is 0 Å². The van der Waals surface area contributed by atoms with E-state index in [1.807, 2.05) is 0 Å². The van der Waals surface area contributed by atoms with Crippen LogP contribution in [0.1, 0.15) is 84.0 Å². The Labute approximate surface area is 173 Å². The molecule has 4 heteroatoms. The molecule has 0 atom stereocenters. The minimum absolute atomic E-state index is 0. The van der Waals surface area contributed by atoms with E-state index in [1.165, 1.54) is 57.8 Å². The van der Waals surface area contributed by atoms with Crippen LogP contribution in [0.15, 0.2) is 0 Å². The second kappa shape index (κ2) is 21.3. The summed E-state index contributed by atoms with van der Waals surface area (Å²) in [6, 6.07) is 0. The van der Waals surface area contributed by atoms with Crippen molar-refractivity contribution in [3.63, 3.8) is 0 Å². The topological polar surface area (TPSA) is 37.3 Å². The van der Waals surface area contributed by atoms with Crippen molar-refractivity contribution in [2.24, 2.45) is 0 Å². The van der Waals surface area contributed by atoms with Gasteiger partial charge in [0.25, 0.3) is 0 Å². The van der Waals surface area contributed by atoms with Crippen LogP contribution in [0.4, 0.5) is 0 Å². The van der Waals surface area contributed by atoms with Crippen LogP contribution in [0.2, 0.25) is 0 Å². The molecule has 0 unspecified atom stereocenters. The van der Waals surface area contributed by atoms with E-state index in [9.17, 15) is 4.79 Å². The van der Waals surface area contributed by atoms with E-state index in [0.29, 0.717) is 6.42 Å².